The molecule has 0 heterocycles. The molecule has 1 aromatic carbocycles. The van der Waals surface area contributed by atoms with E-state index in [1.807, 2.05) is 30.3 Å². The summed E-state index contributed by atoms with van der Waals surface area (Å²) in [5.74, 6) is 0. The maximum atomic E-state index is 8.41. The lowest BCUT2D eigenvalue weighted by Gasteiger charge is -1.87. The molecule has 51 valence electrons. The average molecular weight is 133 g/mol. The van der Waals surface area contributed by atoms with Crippen molar-refractivity contribution in [2.45, 2.75) is 0 Å². The first kappa shape index (κ1) is 7.03. The van der Waals surface area contributed by atoms with E-state index in [-0.39, 0.29) is 6.61 Å². The molecule has 0 saturated heterocycles. The molecule has 0 atom stereocenters. The zero-order chi connectivity index (χ0) is 7.23. The number of aliphatic hydroxyl groups excluding tert-OH is 1. The molecule has 1 N–H and O–H groups in total. The number of aliphatic hydroxyl groups is 1. The highest BCUT2D eigenvalue weighted by Gasteiger charge is 1.80. The van der Waals surface area contributed by atoms with Gasteiger partial charge in [-0.25, -0.2) is 0 Å². The van der Waals surface area contributed by atoms with Gasteiger partial charge in [-0.1, -0.05) is 36.4 Å². The first-order valence-corrected chi connectivity index (χ1v) is 3.17. The van der Waals surface area contributed by atoms with E-state index >= 15 is 0 Å². The van der Waals surface area contributed by atoms with Crippen LogP contribution in [-0.2, 0) is 0 Å². The maximum Gasteiger partial charge on any atom is 0.0621 e. The minimum absolute atomic E-state index is 0.0505. The van der Waals surface area contributed by atoms with E-state index in [0.717, 1.165) is 5.56 Å². The van der Waals surface area contributed by atoms with E-state index in [0.29, 0.717) is 0 Å². The standard InChI is InChI=1S/C9H9O/c10-8-4-7-9-5-2-1-3-6-9/h1-6,10H,8H2. The van der Waals surface area contributed by atoms with Crippen molar-refractivity contribution < 1.29 is 5.11 Å². The Kier molecular flexibility index (Phi) is 2.71. The summed E-state index contributed by atoms with van der Waals surface area (Å²) in [6, 6.07) is 9.70. The molecule has 0 unspecified atom stereocenters. The Labute approximate surface area is 60.6 Å². The van der Waals surface area contributed by atoms with Gasteiger partial charge in [0.2, 0.25) is 0 Å². The van der Waals surface area contributed by atoms with Gasteiger partial charge in [-0.15, -0.1) is 0 Å². The van der Waals surface area contributed by atoms with Gasteiger partial charge in [-0.2, -0.15) is 0 Å². The van der Waals surface area contributed by atoms with Crippen LogP contribution in [-0.4, -0.2) is 11.7 Å². The number of rotatable bonds is 2. The fourth-order valence-electron chi connectivity index (χ4n) is 0.698. The first-order chi connectivity index (χ1) is 4.93. The van der Waals surface area contributed by atoms with Gasteiger partial charge in [0.1, 0.15) is 0 Å². The number of hydrogen-bond acceptors (Lipinski definition) is 1. The predicted molar refractivity (Wildman–Crippen MR) is 40.4 cm³/mol. The number of hydrogen-bond donors (Lipinski definition) is 1. The molecule has 0 bridgehead atoms. The molecule has 0 spiro atoms. The third-order valence-corrected chi connectivity index (χ3v) is 1.13. The molecular weight excluding hydrogens is 124 g/mol. The van der Waals surface area contributed by atoms with Crippen LogP contribution >= 0.6 is 0 Å². The Morgan fingerprint density at radius 1 is 1.30 bits per heavy atom. The van der Waals surface area contributed by atoms with Gasteiger partial charge >= 0.3 is 0 Å². The van der Waals surface area contributed by atoms with E-state index in [2.05, 4.69) is 6.08 Å². The Bertz CT molecular complexity index is 201. The molecule has 0 amide bonds. The van der Waals surface area contributed by atoms with Crippen molar-refractivity contribution in [1.82, 2.24) is 0 Å². The van der Waals surface area contributed by atoms with Crippen molar-refractivity contribution in [2.75, 3.05) is 6.61 Å². The van der Waals surface area contributed by atoms with Crippen LogP contribution < -0.4 is 0 Å². The monoisotopic (exact) mass is 133 g/mol. The van der Waals surface area contributed by atoms with Crippen molar-refractivity contribution in [1.29, 1.82) is 0 Å². The lowest BCUT2D eigenvalue weighted by atomic mass is 10.2. The molecule has 1 radical (unpaired) electrons. The van der Waals surface area contributed by atoms with Crippen molar-refractivity contribution in [3.8, 4) is 0 Å². The molecule has 0 aliphatic carbocycles. The molecule has 1 nitrogen and oxygen atoms in total. The summed E-state index contributed by atoms with van der Waals surface area (Å²) < 4.78 is 0. The largest absolute Gasteiger partial charge is 0.392 e. The molecular formula is C9H9O. The SMILES string of the molecule is OCC=[C]c1ccccc1. The lowest BCUT2D eigenvalue weighted by Crippen LogP contribution is -1.74. The smallest absolute Gasteiger partial charge is 0.0621 e. The van der Waals surface area contributed by atoms with Crippen molar-refractivity contribution in [3.63, 3.8) is 0 Å². The minimum atomic E-state index is 0.0505. The lowest BCUT2D eigenvalue weighted by molar-refractivity contribution is 0.342. The zero-order valence-electron chi connectivity index (χ0n) is 5.62. The highest BCUT2D eigenvalue weighted by molar-refractivity contribution is 5.21. The van der Waals surface area contributed by atoms with Gasteiger partial charge in [0.15, 0.2) is 0 Å². The van der Waals surface area contributed by atoms with Gasteiger partial charge in [-0.3, -0.25) is 0 Å². The van der Waals surface area contributed by atoms with E-state index in [1.165, 1.54) is 0 Å². The summed E-state index contributed by atoms with van der Waals surface area (Å²) in [6.07, 6.45) is 4.51. The van der Waals surface area contributed by atoms with Crippen LogP contribution in [0.25, 0.3) is 0 Å². The fourth-order valence-corrected chi connectivity index (χ4v) is 0.698. The molecule has 1 aromatic rings. The molecule has 1 rings (SSSR count). The average Bonchev–Trinajstić information content (AvgIpc) is 2.03. The Morgan fingerprint density at radius 3 is 2.60 bits per heavy atom. The zero-order valence-corrected chi connectivity index (χ0v) is 5.62. The fraction of sp³-hybridized carbons (Fsp3) is 0.111. The van der Waals surface area contributed by atoms with Crippen molar-refractivity contribution in [2.24, 2.45) is 0 Å². The molecule has 0 aliphatic heterocycles. The summed E-state index contributed by atoms with van der Waals surface area (Å²) in [6.45, 7) is 0.0505. The van der Waals surface area contributed by atoms with Gasteiger partial charge in [0.25, 0.3) is 0 Å². The second-order valence-corrected chi connectivity index (χ2v) is 1.90. The minimum Gasteiger partial charge on any atom is -0.392 e. The topological polar surface area (TPSA) is 20.2 Å². The second-order valence-electron chi connectivity index (χ2n) is 1.90. The molecule has 0 aliphatic rings. The van der Waals surface area contributed by atoms with E-state index in [1.54, 1.807) is 6.08 Å². The molecule has 0 aromatic heterocycles. The molecule has 10 heavy (non-hydrogen) atoms. The summed E-state index contributed by atoms with van der Waals surface area (Å²) in [5.41, 5.74) is 0.997. The van der Waals surface area contributed by atoms with Gasteiger partial charge < -0.3 is 5.11 Å². The first-order valence-electron chi connectivity index (χ1n) is 3.17. The third kappa shape index (κ3) is 2.03. The Balaban J connectivity index is 2.67. The van der Waals surface area contributed by atoms with Gasteiger partial charge in [-0.05, 0) is 11.6 Å². The highest BCUT2D eigenvalue weighted by atomic mass is 16.2. The van der Waals surface area contributed by atoms with E-state index < -0.39 is 0 Å². The second kappa shape index (κ2) is 3.85. The van der Waals surface area contributed by atoms with Gasteiger partial charge in [0, 0.05) is 0 Å². The summed E-state index contributed by atoms with van der Waals surface area (Å²) in [4.78, 5) is 0. The van der Waals surface area contributed by atoms with Crippen LogP contribution in [0.5, 0.6) is 0 Å². The highest BCUT2D eigenvalue weighted by Crippen LogP contribution is 1.96. The van der Waals surface area contributed by atoms with Crippen LogP contribution in [0.1, 0.15) is 5.56 Å². The van der Waals surface area contributed by atoms with E-state index in [4.69, 9.17) is 5.11 Å². The quantitative estimate of drug-likeness (QED) is 0.646. The normalized spacial score (nSPS) is 10.5. The Hall–Kier alpha value is -1.08. The van der Waals surface area contributed by atoms with Gasteiger partial charge in [0.05, 0.1) is 6.61 Å². The summed E-state index contributed by atoms with van der Waals surface area (Å²) in [7, 11) is 0. The van der Waals surface area contributed by atoms with Crippen LogP contribution in [0.4, 0.5) is 0 Å². The number of benzene rings is 1. The van der Waals surface area contributed by atoms with Crippen LogP contribution in [0.3, 0.4) is 0 Å². The third-order valence-electron chi connectivity index (χ3n) is 1.13. The molecule has 0 fully saturated rings. The molecule has 0 saturated carbocycles. The molecule has 1 heteroatoms. The summed E-state index contributed by atoms with van der Waals surface area (Å²) >= 11 is 0. The van der Waals surface area contributed by atoms with E-state index in [9.17, 15) is 0 Å². The Morgan fingerprint density at radius 2 is 2.00 bits per heavy atom. The maximum absolute atomic E-state index is 8.41. The van der Waals surface area contributed by atoms with Crippen molar-refractivity contribution in [3.05, 3.63) is 48.0 Å². The van der Waals surface area contributed by atoms with Crippen molar-refractivity contribution >= 4 is 0 Å². The van der Waals surface area contributed by atoms with Crippen LogP contribution in [0.15, 0.2) is 36.4 Å². The summed E-state index contributed by atoms with van der Waals surface area (Å²) in [5, 5.41) is 8.41. The predicted octanol–water partition coefficient (Wildman–Crippen LogP) is 1.39. The van der Waals surface area contributed by atoms with Crippen LogP contribution in [0, 0.1) is 6.08 Å². The van der Waals surface area contributed by atoms with Crippen LogP contribution in [0.2, 0.25) is 0 Å².